The summed E-state index contributed by atoms with van der Waals surface area (Å²) in [6.07, 6.45) is 1.68. The number of phenolic OH excluding ortho intramolecular Hbond substituents is 1. The van der Waals surface area contributed by atoms with Crippen molar-refractivity contribution in [3.63, 3.8) is 0 Å². The second-order valence-electron chi connectivity index (χ2n) is 7.91. The number of phenols is 1. The number of pyridine rings is 2. The van der Waals surface area contributed by atoms with Crippen LogP contribution < -0.4 is 10.9 Å². The number of nitrogens with zero attached hydrogens (tertiary/aromatic N) is 1. The largest absolute Gasteiger partial charge is 0.507 e. The van der Waals surface area contributed by atoms with Crippen LogP contribution in [0.15, 0.2) is 83.8 Å². The molecule has 3 aromatic carbocycles. The number of carboxylic acid groups (broad SMARTS) is 2. The maximum atomic E-state index is 12.9. The summed E-state index contributed by atoms with van der Waals surface area (Å²) in [6, 6.07) is 21.6. The van der Waals surface area contributed by atoms with Gasteiger partial charge in [0.25, 0.3) is 18.9 Å². The van der Waals surface area contributed by atoms with Crippen molar-refractivity contribution in [2.75, 3.05) is 5.32 Å². The van der Waals surface area contributed by atoms with Crippen molar-refractivity contribution in [2.45, 2.75) is 6.92 Å². The van der Waals surface area contributed by atoms with Crippen molar-refractivity contribution >= 4 is 46.3 Å². The first kappa shape index (κ1) is 27.1. The Bertz CT molecular complexity index is 1670. The molecule has 0 unspecified atom stereocenters. The number of H-pyrrole nitrogens is 1. The smallest absolute Gasteiger partial charge is 0.290 e. The number of aromatic nitrogens is 2. The molecular formula is C28H23N3O7. The first-order valence-corrected chi connectivity index (χ1v) is 11.1. The highest BCUT2D eigenvalue weighted by Crippen LogP contribution is 2.32. The zero-order chi connectivity index (χ0) is 27.7. The van der Waals surface area contributed by atoms with E-state index < -0.39 is 5.91 Å². The molecule has 5 aromatic rings. The lowest BCUT2D eigenvalue weighted by atomic mass is 10.0. The van der Waals surface area contributed by atoms with Gasteiger partial charge in [-0.2, -0.15) is 0 Å². The number of aromatic amines is 1. The molecule has 0 saturated carbocycles. The Morgan fingerprint density at radius 3 is 2.34 bits per heavy atom. The van der Waals surface area contributed by atoms with Crippen molar-refractivity contribution in [2.24, 2.45) is 0 Å². The molecule has 0 fully saturated rings. The number of anilines is 1. The van der Waals surface area contributed by atoms with Crippen molar-refractivity contribution < 1.29 is 29.7 Å². The first-order valence-electron chi connectivity index (χ1n) is 11.1. The van der Waals surface area contributed by atoms with Crippen molar-refractivity contribution in [1.29, 1.82) is 0 Å². The lowest BCUT2D eigenvalue weighted by molar-refractivity contribution is -0.123. The second kappa shape index (κ2) is 12.5. The molecule has 0 saturated heterocycles. The third-order valence-corrected chi connectivity index (χ3v) is 5.42. The maximum Gasteiger partial charge on any atom is 0.290 e. The van der Waals surface area contributed by atoms with Crippen LogP contribution in [0.4, 0.5) is 5.82 Å². The van der Waals surface area contributed by atoms with E-state index in [4.69, 9.17) is 19.8 Å². The summed E-state index contributed by atoms with van der Waals surface area (Å²) < 4.78 is 0. The monoisotopic (exact) mass is 513 g/mol. The van der Waals surface area contributed by atoms with Gasteiger partial charge in [0, 0.05) is 34.1 Å². The van der Waals surface area contributed by atoms with Gasteiger partial charge in [0.15, 0.2) is 0 Å². The van der Waals surface area contributed by atoms with Gasteiger partial charge in [0.2, 0.25) is 5.56 Å². The van der Waals surface area contributed by atoms with Crippen LogP contribution in [0.25, 0.3) is 32.8 Å². The summed E-state index contributed by atoms with van der Waals surface area (Å²) in [5.74, 6) is 0.212. The Kier molecular flexibility index (Phi) is 8.87. The van der Waals surface area contributed by atoms with E-state index in [0.717, 1.165) is 27.5 Å². The summed E-state index contributed by atoms with van der Waals surface area (Å²) in [6.45, 7) is 1.43. The molecule has 0 atom stereocenters. The molecule has 10 heteroatoms. The third kappa shape index (κ3) is 6.38. The van der Waals surface area contributed by atoms with Crippen LogP contribution in [0.5, 0.6) is 5.75 Å². The zero-order valence-corrected chi connectivity index (χ0v) is 20.1. The number of fused-ring (bicyclic) bond motifs is 2. The number of rotatable bonds is 3. The summed E-state index contributed by atoms with van der Waals surface area (Å²) in [5, 5.41) is 29.3. The number of aromatic hydroxyl groups is 1. The molecule has 10 nitrogen and oxygen atoms in total. The molecule has 5 rings (SSSR count). The molecule has 0 spiro atoms. The van der Waals surface area contributed by atoms with E-state index in [9.17, 15) is 14.7 Å². The number of nitrogens with one attached hydrogen (secondary N) is 2. The van der Waals surface area contributed by atoms with Crippen LogP contribution in [0.3, 0.4) is 0 Å². The zero-order valence-electron chi connectivity index (χ0n) is 20.1. The van der Waals surface area contributed by atoms with E-state index in [-0.39, 0.29) is 29.8 Å². The summed E-state index contributed by atoms with van der Waals surface area (Å²) in [4.78, 5) is 48.7. The van der Waals surface area contributed by atoms with Crippen molar-refractivity contribution in [1.82, 2.24) is 9.97 Å². The number of carbonyl (C=O) groups is 3. The van der Waals surface area contributed by atoms with Gasteiger partial charge in [-0.05, 0) is 47.7 Å². The Hall–Kier alpha value is -5.51. The number of hydrogen-bond acceptors (Lipinski definition) is 6. The average Bonchev–Trinajstić information content (AvgIpc) is 2.89. The van der Waals surface area contributed by atoms with Gasteiger partial charge in [0.1, 0.15) is 11.6 Å². The molecule has 38 heavy (non-hydrogen) atoms. The number of amides is 1. The highest BCUT2D eigenvalue weighted by Gasteiger charge is 2.13. The summed E-state index contributed by atoms with van der Waals surface area (Å²) >= 11 is 0. The van der Waals surface area contributed by atoms with E-state index in [1.807, 2.05) is 43.3 Å². The maximum absolute atomic E-state index is 12.9. The van der Waals surface area contributed by atoms with Crippen LogP contribution in [-0.4, -0.2) is 44.1 Å². The van der Waals surface area contributed by atoms with Gasteiger partial charge in [-0.3, -0.25) is 19.2 Å². The standard InChI is InChI=1S/C26H19N3O3.2CH2O2/c1-15-6-9-19(23(30)10-15)17-8-7-16-12-24(27-14-18(16)11-17)29-26(32)21-13-25(31)28-22-5-3-2-4-20(21)22;2*2-1-3/h2-14,30H,1H3,(H,28,31)(H,27,29,32);2*1H,(H,2,3). The lowest BCUT2D eigenvalue weighted by Gasteiger charge is -2.10. The van der Waals surface area contributed by atoms with Crippen LogP contribution in [0.1, 0.15) is 15.9 Å². The van der Waals surface area contributed by atoms with E-state index in [0.29, 0.717) is 16.7 Å². The van der Waals surface area contributed by atoms with E-state index in [2.05, 4.69) is 15.3 Å². The number of carbonyl (C=O) groups excluding carboxylic acids is 1. The average molecular weight is 514 g/mol. The molecule has 2 aromatic heterocycles. The van der Waals surface area contributed by atoms with Gasteiger partial charge < -0.3 is 25.6 Å². The van der Waals surface area contributed by atoms with Crippen LogP contribution >= 0.6 is 0 Å². The molecule has 2 heterocycles. The molecule has 0 bridgehead atoms. The molecular weight excluding hydrogens is 490 g/mol. The summed E-state index contributed by atoms with van der Waals surface area (Å²) in [5.41, 5.74) is 3.16. The number of hydrogen-bond donors (Lipinski definition) is 5. The molecule has 5 N–H and O–H groups in total. The predicted octanol–water partition coefficient (Wildman–Crippen LogP) is 4.41. The van der Waals surface area contributed by atoms with E-state index in [1.165, 1.54) is 6.07 Å². The normalized spacial score (nSPS) is 9.92. The predicted molar refractivity (Wildman–Crippen MR) is 143 cm³/mol. The van der Waals surface area contributed by atoms with E-state index in [1.54, 1.807) is 36.5 Å². The molecule has 0 aliphatic carbocycles. The molecule has 1 amide bonds. The highest BCUT2D eigenvalue weighted by molar-refractivity contribution is 6.12. The Morgan fingerprint density at radius 2 is 1.63 bits per heavy atom. The second-order valence-corrected chi connectivity index (χ2v) is 7.91. The Labute approximate surface area is 215 Å². The topological polar surface area (TPSA) is 170 Å². The SMILES string of the molecule is Cc1ccc(-c2ccc3cc(NC(=O)c4cc(=O)[nH]c5ccccc45)ncc3c2)c(O)c1.O=CO.O=CO. The molecule has 0 aliphatic rings. The minimum atomic E-state index is -0.402. The van der Waals surface area contributed by atoms with Gasteiger partial charge in [-0.15, -0.1) is 0 Å². The van der Waals surface area contributed by atoms with Crippen molar-refractivity contribution in [3.05, 3.63) is 100 Å². The van der Waals surface area contributed by atoms with Crippen LogP contribution in [0, 0.1) is 6.92 Å². The van der Waals surface area contributed by atoms with Gasteiger partial charge >= 0.3 is 0 Å². The molecule has 0 aliphatic heterocycles. The Morgan fingerprint density at radius 1 is 0.921 bits per heavy atom. The fourth-order valence-corrected chi connectivity index (χ4v) is 3.84. The van der Waals surface area contributed by atoms with E-state index >= 15 is 0 Å². The summed E-state index contributed by atoms with van der Waals surface area (Å²) in [7, 11) is 0. The molecule has 0 radical (unpaired) electrons. The Balaban J connectivity index is 0.000000611. The number of benzene rings is 3. The minimum absolute atomic E-state index is 0.228. The first-order chi connectivity index (χ1) is 18.3. The number of para-hydroxylation sites is 1. The third-order valence-electron chi connectivity index (χ3n) is 5.42. The fourth-order valence-electron chi connectivity index (χ4n) is 3.84. The van der Waals surface area contributed by atoms with Gasteiger partial charge in [-0.1, -0.05) is 42.5 Å². The lowest BCUT2D eigenvalue weighted by Crippen LogP contribution is -2.17. The minimum Gasteiger partial charge on any atom is -0.507 e. The van der Waals surface area contributed by atoms with Crippen molar-refractivity contribution in [3.8, 4) is 16.9 Å². The number of aryl methyl sites for hydroxylation is 1. The fraction of sp³-hybridized carbons (Fsp3) is 0.0357. The van der Waals surface area contributed by atoms with Gasteiger partial charge in [-0.25, -0.2) is 4.98 Å². The van der Waals surface area contributed by atoms with Crippen LogP contribution in [0.2, 0.25) is 0 Å². The highest BCUT2D eigenvalue weighted by atomic mass is 16.3. The quantitative estimate of drug-likeness (QED) is 0.221. The molecule has 192 valence electrons. The van der Waals surface area contributed by atoms with Crippen LogP contribution in [-0.2, 0) is 9.59 Å². The van der Waals surface area contributed by atoms with Gasteiger partial charge in [0.05, 0.1) is 5.56 Å².